The van der Waals surface area contributed by atoms with Gasteiger partial charge in [-0.05, 0) is 78.4 Å². The number of carbonyl (C=O) groups excluding carboxylic acids is 1. The third kappa shape index (κ3) is 7.19. The van der Waals surface area contributed by atoms with Gasteiger partial charge in [0.1, 0.15) is 16.5 Å². The van der Waals surface area contributed by atoms with Gasteiger partial charge in [0.2, 0.25) is 0 Å². The standard InChI is InChI=1S/C36H45N5O4S/c1-7-43-34(42)31(45-35(3,4)5)30-24(2)38-29-22-28-32-37-23-27(46-32)21-26-14-11-13-25(20-26)12-9-8-10-19-44-36(6)15-17-40(18-16-36)33(30)41(29)39-28/h8,10-11,13-14,20,22-23,31H,7,9,12,15-19,21H2,1-6H3. The summed E-state index contributed by atoms with van der Waals surface area (Å²) < 4.78 is 20.3. The molecule has 8 bridgehead atoms. The number of aryl methyl sites for hydroxylation is 2. The van der Waals surface area contributed by atoms with Gasteiger partial charge in [0.25, 0.3) is 0 Å². The van der Waals surface area contributed by atoms with E-state index in [0.29, 0.717) is 23.5 Å². The molecular weight excluding hydrogens is 598 g/mol. The second-order valence-electron chi connectivity index (χ2n) is 13.5. The molecule has 4 aromatic rings. The lowest BCUT2D eigenvalue weighted by molar-refractivity contribution is -0.166. The average Bonchev–Trinajstić information content (AvgIpc) is 3.64. The number of fused-ring (bicyclic) bond motifs is 6. The average molecular weight is 644 g/mol. The molecule has 10 heteroatoms. The van der Waals surface area contributed by atoms with Crippen LogP contribution in [-0.2, 0) is 31.8 Å². The minimum atomic E-state index is -0.967. The Labute approximate surface area is 275 Å². The number of nitrogens with zero attached hydrogens (tertiary/aromatic N) is 5. The quantitative estimate of drug-likeness (QED) is 0.173. The van der Waals surface area contributed by atoms with Gasteiger partial charge in [-0.3, -0.25) is 0 Å². The second-order valence-corrected chi connectivity index (χ2v) is 14.6. The number of anilines is 1. The van der Waals surface area contributed by atoms with Gasteiger partial charge in [-0.25, -0.2) is 14.8 Å². The number of rotatable bonds is 4. The van der Waals surface area contributed by atoms with Crippen LogP contribution < -0.4 is 4.90 Å². The fourth-order valence-corrected chi connectivity index (χ4v) is 7.15. The van der Waals surface area contributed by atoms with E-state index in [-0.39, 0.29) is 12.2 Å². The summed E-state index contributed by atoms with van der Waals surface area (Å²) in [5.74, 6) is 0.371. The van der Waals surface area contributed by atoms with Crippen molar-refractivity contribution in [2.45, 2.75) is 91.0 Å². The summed E-state index contributed by atoms with van der Waals surface area (Å²) >= 11 is 1.65. The normalized spacial score (nSPS) is 17.7. The van der Waals surface area contributed by atoms with Gasteiger partial charge in [0.15, 0.2) is 11.8 Å². The zero-order chi connectivity index (χ0) is 32.5. The van der Waals surface area contributed by atoms with Gasteiger partial charge in [0.05, 0.1) is 30.0 Å². The Morgan fingerprint density at radius 3 is 2.70 bits per heavy atom. The fraction of sp³-hybridized carbons (Fsp3) is 0.500. The Kier molecular flexibility index (Phi) is 9.32. The monoisotopic (exact) mass is 643 g/mol. The molecule has 244 valence electrons. The topological polar surface area (TPSA) is 91.1 Å². The SMILES string of the molecule is CCOC(=O)C(OC(C)(C)C)c1c(C)nc2cc3nn2c1N1CCC(C)(CC1)OCC=CCCc1cccc(c1)Cc1cnc-3s1. The molecule has 3 aromatic heterocycles. The van der Waals surface area contributed by atoms with Gasteiger partial charge in [0, 0.05) is 42.3 Å². The van der Waals surface area contributed by atoms with Crippen molar-refractivity contribution in [2.24, 2.45) is 0 Å². The second kappa shape index (κ2) is 13.3. The molecule has 7 rings (SSSR count). The predicted octanol–water partition coefficient (Wildman–Crippen LogP) is 7.05. The highest BCUT2D eigenvalue weighted by Gasteiger charge is 2.38. The Bertz CT molecular complexity index is 1730. The molecule has 0 saturated carbocycles. The fourth-order valence-electron chi connectivity index (χ4n) is 6.25. The van der Waals surface area contributed by atoms with Crippen molar-refractivity contribution in [3.63, 3.8) is 0 Å². The number of esters is 1. The molecule has 0 radical (unpaired) electrons. The van der Waals surface area contributed by atoms with E-state index in [1.54, 1.807) is 11.3 Å². The number of allylic oxidation sites excluding steroid dienone is 1. The van der Waals surface area contributed by atoms with Crippen LogP contribution >= 0.6 is 11.3 Å². The predicted molar refractivity (Wildman–Crippen MR) is 182 cm³/mol. The molecule has 9 nitrogen and oxygen atoms in total. The summed E-state index contributed by atoms with van der Waals surface area (Å²) in [6.45, 7) is 14.1. The third-order valence-electron chi connectivity index (χ3n) is 8.60. The summed E-state index contributed by atoms with van der Waals surface area (Å²) in [4.78, 5) is 26.8. The molecule has 1 unspecified atom stereocenters. The van der Waals surface area contributed by atoms with Crippen molar-refractivity contribution in [3.8, 4) is 10.7 Å². The maximum atomic E-state index is 13.5. The Balaban J connectivity index is 1.48. The summed E-state index contributed by atoms with van der Waals surface area (Å²) in [6, 6.07) is 10.8. The number of aromatic nitrogens is 4. The first-order valence-electron chi connectivity index (χ1n) is 16.3. The van der Waals surface area contributed by atoms with E-state index in [2.05, 4.69) is 48.2 Å². The first kappa shape index (κ1) is 32.3. The van der Waals surface area contributed by atoms with E-state index in [9.17, 15) is 4.79 Å². The molecule has 0 aliphatic carbocycles. The molecule has 0 N–H and O–H groups in total. The Morgan fingerprint density at radius 1 is 1.15 bits per heavy atom. The molecule has 3 aliphatic rings. The molecule has 1 atom stereocenters. The van der Waals surface area contributed by atoms with E-state index >= 15 is 0 Å². The van der Waals surface area contributed by atoms with Gasteiger partial charge < -0.3 is 19.1 Å². The van der Waals surface area contributed by atoms with Gasteiger partial charge in [-0.1, -0.05) is 36.4 Å². The lowest BCUT2D eigenvalue weighted by Gasteiger charge is -2.41. The van der Waals surface area contributed by atoms with Crippen molar-refractivity contribution in [1.29, 1.82) is 0 Å². The molecule has 1 aromatic carbocycles. The zero-order valence-electron chi connectivity index (χ0n) is 27.8. The maximum absolute atomic E-state index is 13.5. The highest BCUT2D eigenvalue weighted by molar-refractivity contribution is 7.15. The van der Waals surface area contributed by atoms with Crippen LogP contribution in [0.5, 0.6) is 0 Å². The van der Waals surface area contributed by atoms with E-state index in [4.69, 9.17) is 29.3 Å². The number of thiazole rings is 1. The van der Waals surface area contributed by atoms with Crippen LogP contribution in [0.2, 0.25) is 0 Å². The van der Waals surface area contributed by atoms with Crippen LogP contribution in [0.15, 0.2) is 48.7 Å². The number of benzene rings is 1. The Hall–Kier alpha value is -3.60. The van der Waals surface area contributed by atoms with Gasteiger partial charge in [-0.2, -0.15) is 9.61 Å². The lowest BCUT2D eigenvalue weighted by Crippen LogP contribution is -2.45. The summed E-state index contributed by atoms with van der Waals surface area (Å²) in [7, 11) is 0. The highest BCUT2D eigenvalue weighted by atomic mass is 32.1. The van der Waals surface area contributed by atoms with Crippen molar-refractivity contribution in [3.05, 3.63) is 75.9 Å². The van der Waals surface area contributed by atoms with Crippen molar-refractivity contribution in [2.75, 3.05) is 31.2 Å². The number of hydrogen-bond acceptors (Lipinski definition) is 9. The largest absolute Gasteiger partial charge is 0.464 e. The molecule has 3 aliphatic heterocycles. The van der Waals surface area contributed by atoms with Crippen molar-refractivity contribution < 1.29 is 19.0 Å². The minimum Gasteiger partial charge on any atom is -0.464 e. The molecule has 46 heavy (non-hydrogen) atoms. The number of hydrogen-bond donors (Lipinski definition) is 0. The third-order valence-corrected chi connectivity index (χ3v) is 9.62. The van der Waals surface area contributed by atoms with Crippen molar-refractivity contribution >= 4 is 28.8 Å². The molecular formula is C36H45N5O4S. The highest BCUT2D eigenvalue weighted by Crippen LogP contribution is 2.39. The molecule has 1 fully saturated rings. The van der Waals surface area contributed by atoms with E-state index in [0.717, 1.165) is 61.7 Å². The zero-order valence-corrected chi connectivity index (χ0v) is 28.7. The van der Waals surface area contributed by atoms with Crippen LogP contribution in [0.25, 0.3) is 16.3 Å². The van der Waals surface area contributed by atoms with Gasteiger partial charge >= 0.3 is 5.97 Å². The van der Waals surface area contributed by atoms with Crippen LogP contribution in [0, 0.1) is 6.92 Å². The molecule has 6 heterocycles. The maximum Gasteiger partial charge on any atom is 0.340 e. The van der Waals surface area contributed by atoms with Crippen LogP contribution in [0.4, 0.5) is 5.82 Å². The summed E-state index contributed by atoms with van der Waals surface area (Å²) in [5.41, 5.74) is 4.58. The summed E-state index contributed by atoms with van der Waals surface area (Å²) in [6.07, 6.45) is 9.79. The van der Waals surface area contributed by atoms with E-state index in [1.165, 1.54) is 16.0 Å². The van der Waals surface area contributed by atoms with E-state index < -0.39 is 17.7 Å². The molecule has 0 amide bonds. The number of ether oxygens (including phenoxy) is 3. The van der Waals surface area contributed by atoms with E-state index in [1.807, 2.05) is 51.4 Å². The lowest BCUT2D eigenvalue weighted by atomic mass is 9.92. The first-order chi connectivity index (χ1) is 22.0. The van der Waals surface area contributed by atoms with Crippen molar-refractivity contribution in [1.82, 2.24) is 19.6 Å². The molecule has 1 saturated heterocycles. The van der Waals surface area contributed by atoms with Crippen LogP contribution in [0.3, 0.4) is 0 Å². The number of carbonyl (C=O) groups is 1. The van der Waals surface area contributed by atoms with Gasteiger partial charge in [-0.15, -0.1) is 11.3 Å². The number of piperidine rings is 1. The van der Waals surface area contributed by atoms with Crippen LogP contribution in [0.1, 0.15) is 87.2 Å². The summed E-state index contributed by atoms with van der Waals surface area (Å²) in [5, 5.41) is 5.94. The molecule has 0 spiro atoms. The minimum absolute atomic E-state index is 0.253. The first-order valence-corrected chi connectivity index (χ1v) is 17.1. The Morgan fingerprint density at radius 2 is 1.93 bits per heavy atom. The van der Waals surface area contributed by atoms with Crippen LogP contribution in [-0.4, -0.2) is 63.1 Å². The smallest absolute Gasteiger partial charge is 0.340 e.